The van der Waals surface area contributed by atoms with E-state index in [0.29, 0.717) is 17.5 Å². The standard InChI is InChI=1S/C41H29N3/c1-41(36-22-12-9-19-33(36)34-20-10-13-23-37(34)41)35-21-11-8-18-32(35)28-24-26-31(27-25-28)40-43-38(29-14-4-2-5-15-29)42-39(44-40)30-16-6-3-7-17-30/h2-27H,1H3. The van der Waals surface area contributed by atoms with E-state index in [1.807, 2.05) is 60.7 Å². The molecule has 0 unspecified atom stereocenters. The van der Waals surface area contributed by atoms with Crippen LogP contribution in [0.1, 0.15) is 23.6 Å². The molecule has 1 aliphatic carbocycles. The van der Waals surface area contributed by atoms with E-state index in [1.165, 1.54) is 33.4 Å². The molecule has 8 rings (SSSR count). The highest BCUT2D eigenvalue weighted by Crippen LogP contribution is 2.53. The molecule has 0 radical (unpaired) electrons. The second kappa shape index (κ2) is 10.6. The fourth-order valence-electron chi connectivity index (χ4n) is 6.65. The zero-order valence-electron chi connectivity index (χ0n) is 24.4. The lowest BCUT2D eigenvalue weighted by molar-refractivity contribution is 0.716. The van der Waals surface area contributed by atoms with Gasteiger partial charge in [0, 0.05) is 22.1 Å². The van der Waals surface area contributed by atoms with E-state index in [4.69, 9.17) is 15.0 Å². The van der Waals surface area contributed by atoms with Crippen molar-refractivity contribution in [2.24, 2.45) is 0 Å². The van der Waals surface area contributed by atoms with E-state index in [0.717, 1.165) is 22.3 Å². The van der Waals surface area contributed by atoms with Crippen molar-refractivity contribution in [3.63, 3.8) is 0 Å². The van der Waals surface area contributed by atoms with Gasteiger partial charge in [-0.25, -0.2) is 15.0 Å². The summed E-state index contributed by atoms with van der Waals surface area (Å²) in [5.74, 6) is 1.98. The first kappa shape index (κ1) is 26.0. The molecule has 0 amide bonds. The predicted octanol–water partition coefficient (Wildman–Crippen LogP) is 9.87. The minimum atomic E-state index is -0.272. The van der Waals surface area contributed by atoms with Gasteiger partial charge in [0.1, 0.15) is 0 Å². The number of fused-ring (bicyclic) bond motifs is 3. The normalized spacial score (nSPS) is 12.8. The highest BCUT2D eigenvalue weighted by Gasteiger charge is 2.41. The van der Waals surface area contributed by atoms with Crippen LogP contribution in [0.2, 0.25) is 0 Å². The Hall–Kier alpha value is -5.67. The maximum Gasteiger partial charge on any atom is 0.164 e. The van der Waals surface area contributed by atoms with E-state index >= 15 is 0 Å². The van der Waals surface area contributed by atoms with Crippen LogP contribution >= 0.6 is 0 Å². The largest absolute Gasteiger partial charge is 0.208 e. The van der Waals surface area contributed by atoms with Gasteiger partial charge in [-0.15, -0.1) is 0 Å². The smallest absolute Gasteiger partial charge is 0.164 e. The highest BCUT2D eigenvalue weighted by molar-refractivity contribution is 5.86. The van der Waals surface area contributed by atoms with Crippen molar-refractivity contribution in [2.75, 3.05) is 0 Å². The van der Waals surface area contributed by atoms with Crippen molar-refractivity contribution in [3.8, 4) is 56.4 Å². The van der Waals surface area contributed by atoms with Gasteiger partial charge in [-0.1, -0.05) is 158 Å². The molecule has 0 aliphatic heterocycles. The van der Waals surface area contributed by atoms with Gasteiger partial charge in [-0.2, -0.15) is 0 Å². The molecule has 44 heavy (non-hydrogen) atoms. The summed E-state index contributed by atoms with van der Waals surface area (Å²) < 4.78 is 0. The summed E-state index contributed by atoms with van der Waals surface area (Å²) in [6.07, 6.45) is 0. The molecule has 0 bridgehead atoms. The Balaban J connectivity index is 1.23. The Bertz CT molecular complexity index is 2010. The third kappa shape index (κ3) is 4.25. The number of hydrogen-bond acceptors (Lipinski definition) is 3. The molecular formula is C41H29N3. The topological polar surface area (TPSA) is 38.7 Å². The summed E-state index contributed by atoms with van der Waals surface area (Å²) in [5.41, 5.74) is 11.6. The summed E-state index contributed by atoms with van der Waals surface area (Å²) in [6.45, 7) is 2.37. The van der Waals surface area contributed by atoms with E-state index < -0.39 is 0 Å². The van der Waals surface area contributed by atoms with Crippen molar-refractivity contribution < 1.29 is 0 Å². The number of hydrogen-bond donors (Lipinski definition) is 0. The van der Waals surface area contributed by atoms with Crippen molar-refractivity contribution in [2.45, 2.75) is 12.3 Å². The maximum atomic E-state index is 4.92. The van der Waals surface area contributed by atoms with Crippen LogP contribution in [-0.2, 0) is 5.41 Å². The average Bonchev–Trinajstić information content (AvgIpc) is 3.38. The number of nitrogens with zero attached hydrogens (tertiary/aromatic N) is 3. The van der Waals surface area contributed by atoms with Gasteiger partial charge in [-0.3, -0.25) is 0 Å². The average molecular weight is 564 g/mol. The van der Waals surface area contributed by atoms with Crippen molar-refractivity contribution in [1.82, 2.24) is 15.0 Å². The molecule has 3 nitrogen and oxygen atoms in total. The quantitative estimate of drug-likeness (QED) is 0.209. The molecule has 1 aliphatic rings. The predicted molar refractivity (Wildman–Crippen MR) is 179 cm³/mol. The van der Waals surface area contributed by atoms with Gasteiger partial charge in [0.05, 0.1) is 0 Å². The Morgan fingerprint density at radius 1 is 0.318 bits per heavy atom. The Kier molecular flexibility index (Phi) is 6.23. The molecule has 0 N–H and O–H groups in total. The lowest BCUT2D eigenvalue weighted by atomic mass is 9.71. The lowest BCUT2D eigenvalue weighted by Crippen LogP contribution is -2.23. The van der Waals surface area contributed by atoms with Crippen LogP contribution in [0.15, 0.2) is 158 Å². The summed E-state index contributed by atoms with van der Waals surface area (Å²) in [4.78, 5) is 14.7. The molecule has 0 spiro atoms. The molecule has 0 fully saturated rings. The Labute approximate surface area is 257 Å². The zero-order chi connectivity index (χ0) is 29.5. The molecule has 1 heterocycles. The number of rotatable bonds is 5. The number of benzene rings is 6. The molecule has 0 saturated heterocycles. The van der Waals surface area contributed by atoms with E-state index in [9.17, 15) is 0 Å². The van der Waals surface area contributed by atoms with Crippen LogP contribution in [0.3, 0.4) is 0 Å². The molecule has 7 aromatic rings. The molecule has 208 valence electrons. The van der Waals surface area contributed by atoms with E-state index in [2.05, 4.69) is 104 Å². The van der Waals surface area contributed by atoms with Crippen LogP contribution in [-0.4, -0.2) is 15.0 Å². The summed E-state index contributed by atoms with van der Waals surface area (Å²) >= 11 is 0. The van der Waals surface area contributed by atoms with Crippen molar-refractivity contribution >= 4 is 0 Å². The zero-order valence-corrected chi connectivity index (χ0v) is 24.4. The minimum Gasteiger partial charge on any atom is -0.208 e. The molecule has 0 saturated carbocycles. The first-order valence-corrected chi connectivity index (χ1v) is 15.0. The van der Waals surface area contributed by atoms with Gasteiger partial charge < -0.3 is 0 Å². The Morgan fingerprint density at radius 2 is 0.636 bits per heavy atom. The van der Waals surface area contributed by atoms with Crippen molar-refractivity contribution in [3.05, 3.63) is 174 Å². The molecule has 3 heteroatoms. The summed E-state index contributed by atoms with van der Waals surface area (Å²) in [5, 5.41) is 0. The van der Waals surface area contributed by atoms with Crippen LogP contribution in [0.5, 0.6) is 0 Å². The minimum absolute atomic E-state index is 0.272. The van der Waals surface area contributed by atoms with Gasteiger partial charge in [0.15, 0.2) is 17.5 Å². The Morgan fingerprint density at radius 3 is 1.09 bits per heavy atom. The van der Waals surface area contributed by atoms with Crippen molar-refractivity contribution in [1.29, 1.82) is 0 Å². The van der Waals surface area contributed by atoms with Gasteiger partial charge in [0.25, 0.3) is 0 Å². The second-order valence-corrected chi connectivity index (χ2v) is 11.4. The third-order valence-electron chi connectivity index (χ3n) is 8.84. The van der Waals surface area contributed by atoms with Crippen LogP contribution < -0.4 is 0 Å². The molecule has 0 atom stereocenters. The molecular weight excluding hydrogens is 534 g/mol. The SMILES string of the molecule is CC1(c2ccccc2-c2ccc(-c3nc(-c4ccccc4)nc(-c4ccccc4)n3)cc2)c2ccccc2-c2ccccc21. The van der Waals surface area contributed by atoms with Crippen LogP contribution in [0, 0.1) is 0 Å². The van der Waals surface area contributed by atoms with Crippen LogP contribution in [0.25, 0.3) is 56.4 Å². The van der Waals surface area contributed by atoms with Gasteiger partial charge in [-0.05, 0) is 45.9 Å². The summed E-state index contributed by atoms with van der Waals surface area (Å²) in [6, 6.07) is 55.3. The molecule has 6 aromatic carbocycles. The third-order valence-corrected chi connectivity index (χ3v) is 8.84. The fourth-order valence-corrected chi connectivity index (χ4v) is 6.65. The number of aromatic nitrogens is 3. The molecule has 1 aromatic heterocycles. The van der Waals surface area contributed by atoms with E-state index in [-0.39, 0.29) is 5.41 Å². The van der Waals surface area contributed by atoms with Crippen LogP contribution in [0.4, 0.5) is 0 Å². The monoisotopic (exact) mass is 563 g/mol. The maximum absolute atomic E-state index is 4.92. The van der Waals surface area contributed by atoms with E-state index in [1.54, 1.807) is 0 Å². The second-order valence-electron chi connectivity index (χ2n) is 11.4. The highest BCUT2D eigenvalue weighted by atomic mass is 15.0. The fraction of sp³-hybridized carbons (Fsp3) is 0.0488. The first-order valence-electron chi connectivity index (χ1n) is 15.0. The van der Waals surface area contributed by atoms with Gasteiger partial charge in [0.2, 0.25) is 0 Å². The first-order chi connectivity index (χ1) is 21.7. The summed E-state index contributed by atoms with van der Waals surface area (Å²) in [7, 11) is 0. The van der Waals surface area contributed by atoms with Gasteiger partial charge >= 0.3 is 0 Å². The lowest BCUT2D eigenvalue weighted by Gasteiger charge is -2.30.